The number of piperazine rings is 3. The van der Waals surface area contributed by atoms with Crippen molar-refractivity contribution < 1.29 is 8.42 Å². The molecular weight excluding hydrogens is 300 g/mol. The minimum atomic E-state index is -3.54. The monoisotopic (exact) mass is 316 g/mol. The van der Waals surface area contributed by atoms with Gasteiger partial charge in [0.05, 0.1) is 5.02 Å². The molecule has 0 aromatic carbocycles. The second kappa shape index (κ2) is 5.57. The van der Waals surface area contributed by atoms with Crippen LogP contribution in [0.5, 0.6) is 0 Å². The smallest absolute Gasteiger partial charge is 0.242 e. The molecule has 3 saturated heterocycles. The molecule has 4 rings (SSSR count). The van der Waals surface area contributed by atoms with Gasteiger partial charge in [-0.2, -0.15) is 0 Å². The highest BCUT2D eigenvalue weighted by molar-refractivity contribution is 7.89. The molecule has 8 heteroatoms. The third-order valence-corrected chi connectivity index (χ3v) is 5.49. The molecule has 3 aliphatic rings. The molecule has 0 aliphatic carbocycles. The molecule has 3 fully saturated rings. The molecule has 0 saturated carbocycles. The summed E-state index contributed by atoms with van der Waals surface area (Å²) in [5, 5.41) is 0.319. The van der Waals surface area contributed by atoms with Crippen molar-refractivity contribution in [2.75, 3.05) is 39.3 Å². The van der Waals surface area contributed by atoms with Gasteiger partial charge in [0.25, 0.3) is 0 Å². The topological polar surface area (TPSA) is 65.5 Å². The number of fused-ring (bicyclic) bond motifs is 3. The number of pyridine rings is 1. The van der Waals surface area contributed by atoms with Gasteiger partial charge in [0.15, 0.2) is 0 Å². The van der Waals surface area contributed by atoms with Gasteiger partial charge in [0.2, 0.25) is 10.0 Å². The molecule has 3 aliphatic heterocycles. The lowest BCUT2D eigenvalue weighted by Crippen LogP contribution is -2.63. The van der Waals surface area contributed by atoms with Crippen LogP contribution >= 0.6 is 11.6 Å². The summed E-state index contributed by atoms with van der Waals surface area (Å²) in [7, 11) is -3.54. The van der Waals surface area contributed by atoms with E-state index in [1.807, 2.05) is 0 Å². The van der Waals surface area contributed by atoms with Crippen LogP contribution in [-0.4, -0.2) is 68.5 Å². The first-order valence-corrected chi connectivity index (χ1v) is 8.47. The summed E-state index contributed by atoms with van der Waals surface area (Å²) in [6.07, 6.45) is 2.73. The van der Waals surface area contributed by atoms with Crippen LogP contribution in [0.1, 0.15) is 0 Å². The third-order valence-electron chi connectivity index (χ3n) is 3.89. The number of sulfonamides is 1. The Morgan fingerprint density at radius 2 is 2.05 bits per heavy atom. The maximum atomic E-state index is 12.2. The molecule has 1 aromatic rings. The van der Waals surface area contributed by atoms with Crippen LogP contribution in [0.15, 0.2) is 23.4 Å². The number of nitrogens with zero attached hydrogens (tertiary/aromatic N) is 3. The van der Waals surface area contributed by atoms with Crippen LogP contribution in [0, 0.1) is 0 Å². The van der Waals surface area contributed by atoms with Gasteiger partial charge in [-0.25, -0.2) is 13.1 Å². The van der Waals surface area contributed by atoms with Crippen molar-refractivity contribution in [3.8, 4) is 0 Å². The Hall–Kier alpha value is -0.730. The zero-order valence-corrected chi connectivity index (χ0v) is 12.6. The summed E-state index contributed by atoms with van der Waals surface area (Å²) in [5.74, 6) is 0. The second-order valence-corrected chi connectivity index (χ2v) is 7.38. The Kier molecular flexibility index (Phi) is 3.96. The molecule has 110 valence electrons. The van der Waals surface area contributed by atoms with E-state index in [0.717, 1.165) is 32.7 Å². The number of rotatable bonds is 4. The second-order valence-electron chi connectivity index (χ2n) is 5.18. The number of aromatic nitrogens is 1. The minimum absolute atomic E-state index is 0.112. The summed E-state index contributed by atoms with van der Waals surface area (Å²) in [4.78, 5) is 8.65. The zero-order valence-electron chi connectivity index (χ0n) is 11.0. The van der Waals surface area contributed by atoms with Gasteiger partial charge in [-0.15, -0.1) is 0 Å². The fraction of sp³-hybridized carbons (Fsp3) is 0.583. The van der Waals surface area contributed by atoms with Gasteiger partial charge in [-0.3, -0.25) is 14.8 Å². The molecule has 6 nitrogen and oxygen atoms in total. The maximum absolute atomic E-state index is 12.2. The summed E-state index contributed by atoms with van der Waals surface area (Å²) in [5.41, 5.74) is 0. The van der Waals surface area contributed by atoms with E-state index >= 15 is 0 Å². The van der Waals surface area contributed by atoms with Crippen molar-refractivity contribution in [1.82, 2.24) is 19.5 Å². The molecule has 1 unspecified atom stereocenters. The van der Waals surface area contributed by atoms with Crippen molar-refractivity contribution in [3.63, 3.8) is 0 Å². The molecule has 0 amide bonds. The number of hydrogen-bond donors (Lipinski definition) is 1. The fourth-order valence-corrected chi connectivity index (χ4v) is 4.05. The molecule has 0 radical (unpaired) electrons. The van der Waals surface area contributed by atoms with Crippen molar-refractivity contribution in [2.45, 2.75) is 10.9 Å². The summed E-state index contributed by atoms with van der Waals surface area (Å²) >= 11 is 5.78. The lowest BCUT2D eigenvalue weighted by Gasteiger charge is -2.47. The molecule has 0 spiro atoms. The van der Waals surface area contributed by atoms with E-state index in [9.17, 15) is 8.42 Å². The van der Waals surface area contributed by atoms with E-state index in [4.69, 9.17) is 11.6 Å². The Labute approximate surface area is 123 Å². The highest BCUT2D eigenvalue weighted by Crippen LogP contribution is 2.17. The van der Waals surface area contributed by atoms with Crippen LogP contribution < -0.4 is 4.72 Å². The van der Waals surface area contributed by atoms with Crippen molar-refractivity contribution in [3.05, 3.63) is 23.5 Å². The Morgan fingerprint density at radius 1 is 1.30 bits per heavy atom. The first kappa shape index (κ1) is 14.2. The molecule has 2 bridgehead atoms. The average Bonchev–Trinajstić information content (AvgIpc) is 2.46. The number of nitrogens with one attached hydrogen (secondary N) is 1. The molecule has 20 heavy (non-hydrogen) atoms. The van der Waals surface area contributed by atoms with Gasteiger partial charge in [0, 0.05) is 57.7 Å². The van der Waals surface area contributed by atoms with Crippen molar-refractivity contribution in [1.29, 1.82) is 0 Å². The Balaban J connectivity index is 1.65. The van der Waals surface area contributed by atoms with Gasteiger partial charge in [-0.1, -0.05) is 11.6 Å². The number of halogens is 1. The molecule has 1 aromatic heterocycles. The van der Waals surface area contributed by atoms with Crippen molar-refractivity contribution in [2.24, 2.45) is 0 Å². The highest BCUT2D eigenvalue weighted by atomic mass is 35.5. The van der Waals surface area contributed by atoms with Crippen LogP contribution in [0.4, 0.5) is 0 Å². The number of hydrogen-bond acceptors (Lipinski definition) is 5. The van der Waals surface area contributed by atoms with E-state index in [1.165, 1.54) is 18.5 Å². The van der Waals surface area contributed by atoms with E-state index in [-0.39, 0.29) is 10.9 Å². The molecule has 1 N–H and O–H groups in total. The first-order chi connectivity index (χ1) is 9.54. The molecule has 4 heterocycles. The lowest BCUT2D eigenvalue weighted by atomic mass is 10.1. The fourth-order valence-electron chi connectivity index (χ4n) is 2.75. The van der Waals surface area contributed by atoms with Gasteiger partial charge in [-0.05, 0) is 6.07 Å². The van der Waals surface area contributed by atoms with Gasteiger partial charge < -0.3 is 0 Å². The SMILES string of the molecule is O=S(=O)(NCC1CN2CCN1CC2)c1cncc(Cl)c1. The van der Waals surface area contributed by atoms with Gasteiger partial charge in [0.1, 0.15) is 4.90 Å². The predicted molar refractivity (Wildman–Crippen MR) is 76.2 cm³/mol. The maximum Gasteiger partial charge on any atom is 0.242 e. The van der Waals surface area contributed by atoms with E-state index < -0.39 is 10.0 Å². The predicted octanol–water partition coefficient (Wildman–Crippen LogP) is 0.0131. The van der Waals surface area contributed by atoms with Crippen molar-refractivity contribution >= 4 is 21.6 Å². The zero-order chi connectivity index (χ0) is 14.2. The third kappa shape index (κ3) is 2.96. The van der Waals surface area contributed by atoms with Crippen LogP contribution in [0.2, 0.25) is 5.02 Å². The van der Waals surface area contributed by atoms with Crippen LogP contribution in [-0.2, 0) is 10.0 Å². The minimum Gasteiger partial charge on any atom is -0.299 e. The standard InChI is InChI=1S/C12H17ClN4O2S/c13-10-5-12(8-14-6-10)20(18,19)15-7-11-9-16-1-3-17(11)4-2-16/h5-6,8,11,15H,1-4,7,9H2. The summed E-state index contributed by atoms with van der Waals surface area (Å²) in [6.45, 7) is 5.56. The van der Waals surface area contributed by atoms with Crippen LogP contribution in [0.3, 0.4) is 0 Å². The molecular formula is C12H17ClN4O2S. The lowest BCUT2D eigenvalue weighted by molar-refractivity contribution is 0.0158. The van der Waals surface area contributed by atoms with E-state index in [2.05, 4.69) is 19.5 Å². The average molecular weight is 317 g/mol. The largest absolute Gasteiger partial charge is 0.299 e. The van der Waals surface area contributed by atoms with E-state index in [1.54, 1.807) is 0 Å². The Morgan fingerprint density at radius 3 is 2.65 bits per heavy atom. The van der Waals surface area contributed by atoms with E-state index in [0.29, 0.717) is 11.6 Å². The summed E-state index contributed by atoms with van der Waals surface area (Å²) < 4.78 is 27.0. The molecule has 1 atom stereocenters. The summed E-state index contributed by atoms with van der Waals surface area (Å²) in [6, 6.07) is 1.66. The quantitative estimate of drug-likeness (QED) is 0.848. The Bertz CT molecular complexity index is 587. The van der Waals surface area contributed by atoms with Crippen LogP contribution in [0.25, 0.3) is 0 Å². The first-order valence-electron chi connectivity index (χ1n) is 6.61. The normalized spacial score (nSPS) is 29.6. The van der Waals surface area contributed by atoms with Gasteiger partial charge >= 0.3 is 0 Å². The highest BCUT2D eigenvalue weighted by Gasteiger charge is 2.32.